The van der Waals surface area contributed by atoms with Gasteiger partial charge in [-0.25, -0.2) is 0 Å². The van der Waals surface area contributed by atoms with Gasteiger partial charge in [-0.1, -0.05) is 6.07 Å². The van der Waals surface area contributed by atoms with Crippen molar-refractivity contribution >= 4 is 11.3 Å². The highest BCUT2D eigenvalue weighted by Crippen LogP contribution is 2.22. The first-order chi connectivity index (χ1) is 9.22. The Hall–Kier alpha value is -1.83. The number of hydrogen-bond donors (Lipinski definition) is 0. The molecule has 1 aromatic heterocycles. The minimum atomic E-state index is 0.667. The number of methoxy groups -OCH3 is 1. The van der Waals surface area contributed by atoms with E-state index in [0.717, 1.165) is 24.4 Å². The molecule has 3 nitrogen and oxygen atoms in total. The average molecular weight is 272 g/mol. The molecule has 0 unspecified atom stereocenters. The zero-order chi connectivity index (χ0) is 13.7. The Balaban J connectivity index is 2.11. The van der Waals surface area contributed by atoms with Crippen molar-refractivity contribution in [3.05, 3.63) is 51.7 Å². The molecule has 2 rings (SSSR count). The second-order valence-electron chi connectivity index (χ2n) is 4.39. The smallest absolute Gasteiger partial charge is 0.123 e. The van der Waals surface area contributed by atoms with E-state index >= 15 is 0 Å². The van der Waals surface area contributed by atoms with Gasteiger partial charge in [0.05, 0.1) is 18.7 Å². The topological polar surface area (TPSA) is 36.3 Å². The van der Waals surface area contributed by atoms with Crippen LogP contribution in [-0.4, -0.2) is 19.1 Å². The number of thiophene rings is 1. The van der Waals surface area contributed by atoms with E-state index in [4.69, 9.17) is 10.00 Å². The summed E-state index contributed by atoms with van der Waals surface area (Å²) in [7, 11) is 3.72. The summed E-state index contributed by atoms with van der Waals surface area (Å²) in [6.45, 7) is 1.66. The van der Waals surface area contributed by atoms with Crippen molar-refractivity contribution in [2.75, 3.05) is 14.2 Å². The molecule has 0 atom stereocenters. The molecule has 98 valence electrons. The van der Waals surface area contributed by atoms with Gasteiger partial charge >= 0.3 is 0 Å². The lowest BCUT2D eigenvalue weighted by molar-refractivity contribution is 0.312. The predicted octanol–water partition coefficient (Wildman–Crippen LogP) is 3.26. The van der Waals surface area contributed by atoms with E-state index in [1.54, 1.807) is 24.5 Å². The van der Waals surface area contributed by atoms with Crippen LogP contribution in [0.2, 0.25) is 0 Å². The number of nitriles is 1. The molecule has 0 N–H and O–H groups in total. The van der Waals surface area contributed by atoms with Crippen molar-refractivity contribution in [1.29, 1.82) is 5.26 Å². The zero-order valence-electron chi connectivity index (χ0n) is 11.1. The van der Waals surface area contributed by atoms with Gasteiger partial charge in [0.1, 0.15) is 5.75 Å². The van der Waals surface area contributed by atoms with Gasteiger partial charge in [0.2, 0.25) is 0 Å². The molecule has 2 aromatic rings. The molecular weight excluding hydrogens is 256 g/mol. The van der Waals surface area contributed by atoms with Crippen LogP contribution in [0.15, 0.2) is 35.7 Å². The number of nitrogens with zero attached hydrogens (tertiary/aromatic N) is 2. The molecule has 0 spiro atoms. The van der Waals surface area contributed by atoms with Gasteiger partial charge in [-0.15, -0.1) is 11.3 Å². The molecule has 0 bridgehead atoms. The standard InChI is InChI=1S/C15H16N2OS/c1-17(11-14-4-3-7-19-14)10-13-8-12(9-16)5-6-15(13)18-2/h3-8H,10-11H2,1-2H3. The van der Waals surface area contributed by atoms with Crippen LogP contribution in [-0.2, 0) is 13.1 Å². The summed E-state index contributed by atoms with van der Waals surface area (Å²) in [6, 6.07) is 11.9. The number of rotatable bonds is 5. The van der Waals surface area contributed by atoms with Crippen molar-refractivity contribution < 1.29 is 4.74 Å². The summed E-state index contributed by atoms with van der Waals surface area (Å²) in [5.41, 5.74) is 1.71. The number of ether oxygens (including phenoxy) is 1. The summed E-state index contributed by atoms with van der Waals surface area (Å²) in [5.74, 6) is 0.831. The Bertz CT molecular complexity index is 572. The van der Waals surface area contributed by atoms with Crippen LogP contribution in [0.5, 0.6) is 5.75 Å². The lowest BCUT2D eigenvalue weighted by Crippen LogP contribution is -2.17. The third kappa shape index (κ3) is 3.57. The maximum absolute atomic E-state index is 8.96. The Morgan fingerprint density at radius 1 is 1.32 bits per heavy atom. The van der Waals surface area contributed by atoms with Crippen molar-refractivity contribution in [2.24, 2.45) is 0 Å². The lowest BCUT2D eigenvalue weighted by Gasteiger charge is -2.17. The van der Waals surface area contributed by atoms with E-state index in [2.05, 4.69) is 35.5 Å². The molecule has 0 amide bonds. The lowest BCUT2D eigenvalue weighted by atomic mass is 10.1. The van der Waals surface area contributed by atoms with E-state index in [9.17, 15) is 0 Å². The van der Waals surface area contributed by atoms with E-state index in [0.29, 0.717) is 5.56 Å². The van der Waals surface area contributed by atoms with E-state index < -0.39 is 0 Å². The third-order valence-electron chi connectivity index (χ3n) is 2.86. The third-order valence-corrected chi connectivity index (χ3v) is 3.72. The van der Waals surface area contributed by atoms with Crippen LogP contribution in [0.4, 0.5) is 0 Å². The normalized spacial score (nSPS) is 10.4. The second-order valence-corrected chi connectivity index (χ2v) is 5.42. The first-order valence-corrected chi connectivity index (χ1v) is 6.89. The summed E-state index contributed by atoms with van der Waals surface area (Å²) in [4.78, 5) is 3.54. The molecule has 0 aliphatic rings. The molecule has 1 aromatic carbocycles. The highest BCUT2D eigenvalue weighted by atomic mass is 32.1. The van der Waals surface area contributed by atoms with Gasteiger partial charge in [-0.05, 0) is 36.7 Å². The quantitative estimate of drug-likeness (QED) is 0.838. The monoisotopic (exact) mass is 272 g/mol. The molecule has 4 heteroatoms. The fourth-order valence-corrected chi connectivity index (χ4v) is 2.77. The number of hydrogen-bond acceptors (Lipinski definition) is 4. The molecular formula is C15H16N2OS. The highest BCUT2D eigenvalue weighted by Gasteiger charge is 2.08. The van der Waals surface area contributed by atoms with Crippen LogP contribution < -0.4 is 4.74 Å². The summed E-state index contributed by atoms with van der Waals surface area (Å²) < 4.78 is 5.35. The Morgan fingerprint density at radius 2 is 2.16 bits per heavy atom. The minimum Gasteiger partial charge on any atom is -0.496 e. The molecule has 19 heavy (non-hydrogen) atoms. The highest BCUT2D eigenvalue weighted by molar-refractivity contribution is 7.09. The molecule has 1 heterocycles. The van der Waals surface area contributed by atoms with Crippen molar-refractivity contribution in [2.45, 2.75) is 13.1 Å². The van der Waals surface area contributed by atoms with Crippen molar-refractivity contribution in [1.82, 2.24) is 4.90 Å². The van der Waals surface area contributed by atoms with E-state index in [-0.39, 0.29) is 0 Å². The van der Waals surface area contributed by atoms with Crippen molar-refractivity contribution in [3.63, 3.8) is 0 Å². The Labute approximate surface area is 117 Å². The van der Waals surface area contributed by atoms with Crippen LogP contribution >= 0.6 is 11.3 Å². The van der Waals surface area contributed by atoms with Gasteiger partial charge in [0.25, 0.3) is 0 Å². The van der Waals surface area contributed by atoms with Crippen LogP contribution in [0, 0.1) is 11.3 Å². The molecule has 0 saturated heterocycles. The van der Waals surface area contributed by atoms with Gasteiger partial charge in [0.15, 0.2) is 0 Å². The van der Waals surface area contributed by atoms with Gasteiger partial charge in [0, 0.05) is 23.5 Å². The SMILES string of the molecule is COc1ccc(C#N)cc1CN(C)Cc1cccs1. The molecule has 0 aliphatic heterocycles. The molecule has 0 saturated carbocycles. The first-order valence-electron chi connectivity index (χ1n) is 6.01. The van der Waals surface area contributed by atoms with Gasteiger partial charge < -0.3 is 4.74 Å². The Kier molecular flexibility index (Phi) is 4.56. The van der Waals surface area contributed by atoms with Crippen LogP contribution in [0.25, 0.3) is 0 Å². The van der Waals surface area contributed by atoms with E-state index in [1.807, 2.05) is 12.1 Å². The van der Waals surface area contributed by atoms with Gasteiger partial charge in [-0.2, -0.15) is 5.26 Å². The predicted molar refractivity (Wildman–Crippen MR) is 77.2 cm³/mol. The Morgan fingerprint density at radius 3 is 2.79 bits per heavy atom. The van der Waals surface area contributed by atoms with E-state index in [1.165, 1.54) is 4.88 Å². The summed E-state index contributed by atoms with van der Waals surface area (Å²) in [6.07, 6.45) is 0. The van der Waals surface area contributed by atoms with Gasteiger partial charge in [-0.3, -0.25) is 4.90 Å². The average Bonchev–Trinajstić information content (AvgIpc) is 2.91. The van der Waals surface area contributed by atoms with Crippen LogP contribution in [0.3, 0.4) is 0 Å². The zero-order valence-corrected chi connectivity index (χ0v) is 11.9. The second kappa shape index (κ2) is 6.37. The summed E-state index contributed by atoms with van der Waals surface area (Å²) >= 11 is 1.75. The maximum atomic E-state index is 8.96. The molecule has 0 fully saturated rings. The molecule has 0 aliphatic carbocycles. The number of benzene rings is 1. The fraction of sp³-hybridized carbons (Fsp3) is 0.267. The largest absolute Gasteiger partial charge is 0.496 e. The molecule has 0 radical (unpaired) electrons. The maximum Gasteiger partial charge on any atom is 0.123 e. The first kappa shape index (κ1) is 13.6. The van der Waals surface area contributed by atoms with Crippen LogP contribution in [0.1, 0.15) is 16.0 Å². The fourth-order valence-electron chi connectivity index (χ4n) is 1.99. The minimum absolute atomic E-state index is 0.667. The van der Waals surface area contributed by atoms with Crippen molar-refractivity contribution in [3.8, 4) is 11.8 Å². The summed E-state index contributed by atoms with van der Waals surface area (Å²) in [5, 5.41) is 11.0.